The van der Waals surface area contributed by atoms with Crippen LogP contribution in [-0.2, 0) is 11.4 Å². The van der Waals surface area contributed by atoms with E-state index in [2.05, 4.69) is 0 Å². The number of nitrogens with one attached hydrogen (secondary N) is 1. The molecule has 0 radical (unpaired) electrons. The lowest BCUT2D eigenvalue weighted by Crippen LogP contribution is -2.42. The fourth-order valence-electron chi connectivity index (χ4n) is 1.48. The molecule has 110 valence electrons. The molecule has 7 nitrogen and oxygen atoms in total. The molecule has 0 aliphatic carbocycles. The molecule has 0 saturated heterocycles. The quantitative estimate of drug-likeness (QED) is 0.705. The fraction of sp³-hybridized carbons (Fsp3) is 0.385. The molecule has 1 unspecified atom stereocenters. The molecule has 0 fully saturated rings. The molecule has 20 heavy (non-hydrogen) atoms. The number of amides is 3. The van der Waals surface area contributed by atoms with Gasteiger partial charge in [0.05, 0.1) is 13.2 Å². The highest BCUT2D eigenvalue weighted by Gasteiger charge is 2.18. The van der Waals surface area contributed by atoms with Crippen molar-refractivity contribution in [2.24, 2.45) is 5.73 Å². The van der Waals surface area contributed by atoms with E-state index in [1.54, 1.807) is 25.1 Å². The number of hydrogen-bond donors (Lipinski definition) is 3. The maximum Gasteiger partial charge on any atom is 0.318 e. The zero-order valence-electron chi connectivity index (χ0n) is 11.4. The van der Waals surface area contributed by atoms with E-state index in [9.17, 15) is 9.59 Å². The topological polar surface area (TPSA) is 111 Å². The molecule has 1 aromatic rings. The van der Waals surface area contributed by atoms with Crippen LogP contribution in [0.1, 0.15) is 19.4 Å². The SMILES string of the molecule is CCOc1cc(CO)ccc1OC(C)C(=O)NC(N)=O. The Morgan fingerprint density at radius 3 is 2.65 bits per heavy atom. The highest BCUT2D eigenvalue weighted by molar-refractivity contribution is 5.95. The molecule has 0 saturated carbocycles. The molecule has 0 bridgehead atoms. The van der Waals surface area contributed by atoms with E-state index in [1.807, 2.05) is 5.32 Å². The van der Waals surface area contributed by atoms with Gasteiger partial charge in [-0.2, -0.15) is 0 Å². The van der Waals surface area contributed by atoms with Gasteiger partial charge in [-0.25, -0.2) is 4.79 Å². The lowest BCUT2D eigenvalue weighted by Gasteiger charge is -2.17. The van der Waals surface area contributed by atoms with Crippen molar-refractivity contribution < 1.29 is 24.2 Å². The van der Waals surface area contributed by atoms with Crippen LogP contribution in [0.5, 0.6) is 11.5 Å². The predicted molar refractivity (Wildman–Crippen MR) is 71.3 cm³/mol. The normalized spacial score (nSPS) is 11.6. The first-order chi connectivity index (χ1) is 9.47. The van der Waals surface area contributed by atoms with Crippen molar-refractivity contribution in [3.8, 4) is 11.5 Å². The van der Waals surface area contributed by atoms with Crippen molar-refractivity contribution in [2.75, 3.05) is 6.61 Å². The van der Waals surface area contributed by atoms with Gasteiger partial charge in [0, 0.05) is 0 Å². The summed E-state index contributed by atoms with van der Waals surface area (Å²) in [5.74, 6) is 0.111. The monoisotopic (exact) mass is 282 g/mol. The molecule has 0 aromatic heterocycles. The third-order valence-corrected chi connectivity index (χ3v) is 2.41. The second-order valence-corrected chi connectivity index (χ2v) is 3.99. The van der Waals surface area contributed by atoms with Gasteiger partial charge in [0.1, 0.15) is 0 Å². The number of ether oxygens (including phenoxy) is 2. The summed E-state index contributed by atoms with van der Waals surface area (Å²) in [5, 5.41) is 11.0. The average Bonchev–Trinajstić information content (AvgIpc) is 2.40. The maximum atomic E-state index is 11.5. The van der Waals surface area contributed by atoms with Gasteiger partial charge in [0.15, 0.2) is 17.6 Å². The zero-order valence-corrected chi connectivity index (χ0v) is 11.4. The van der Waals surface area contributed by atoms with Gasteiger partial charge in [-0.3, -0.25) is 10.1 Å². The van der Waals surface area contributed by atoms with Gasteiger partial charge in [0.2, 0.25) is 0 Å². The summed E-state index contributed by atoms with van der Waals surface area (Å²) >= 11 is 0. The first-order valence-electron chi connectivity index (χ1n) is 6.11. The number of carbonyl (C=O) groups excluding carboxylic acids is 2. The van der Waals surface area contributed by atoms with E-state index in [4.69, 9.17) is 20.3 Å². The second-order valence-electron chi connectivity index (χ2n) is 3.99. The van der Waals surface area contributed by atoms with Crippen LogP contribution in [0.2, 0.25) is 0 Å². The molecule has 0 heterocycles. The fourth-order valence-corrected chi connectivity index (χ4v) is 1.48. The zero-order chi connectivity index (χ0) is 15.1. The van der Waals surface area contributed by atoms with Crippen LogP contribution in [0.25, 0.3) is 0 Å². The van der Waals surface area contributed by atoms with Crippen LogP contribution in [0.15, 0.2) is 18.2 Å². The van der Waals surface area contributed by atoms with Gasteiger partial charge in [-0.1, -0.05) is 6.07 Å². The van der Waals surface area contributed by atoms with E-state index >= 15 is 0 Å². The minimum atomic E-state index is -0.939. The molecule has 4 N–H and O–H groups in total. The van der Waals surface area contributed by atoms with Crippen LogP contribution >= 0.6 is 0 Å². The lowest BCUT2D eigenvalue weighted by atomic mass is 10.2. The standard InChI is InChI=1S/C13H18N2O5/c1-3-19-11-6-9(7-16)4-5-10(11)20-8(2)12(17)15-13(14)18/h4-6,8,16H,3,7H2,1-2H3,(H3,14,15,17,18). The number of benzene rings is 1. The van der Waals surface area contributed by atoms with Gasteiger partial charge in [0.25, 0.3) is 5.91 Å². The summed E-state index contributed by atoms with van der Waals surface area (Å²) < 4.78 is 10.8. The Labute approximate surface area is 116 Å². The Kier molecular flexibility index (Phi) is 5.79. The van der Waals surface area contributed by atoms with Gasteiger partial charge < -0.3 is 20.3 Å². The first-order valence-corrected chi connectivity index (χ1v) is 6.11. The minimum absolute atomic E-state index is 0.127. The molecule has 1 rings (SSSR count). The molecule has 7 heteroatoms. The summed E-state index contributed by atoms with van der Waals surface area (Å²) in [5.41, 5.74) is 5.52. The number of aliphatic hydroxyl groups excluding tert-OH is 1. The summed E-state index contributed by atoms with van der Waals surface area (Å²) in [6.07, 6.45) is -0.915. The molecular weight excluding hydrogens is 264 g/mol. The van der Waals surface area contributed by atoms with E-state index in [-0.39, 0.29) is 6.61 Å². The Bertz CT molecular complexity index is 490. The summed E-state index contributed by atoms with van der Waals surface area (Å²) in [7, 11) is 0. The number of urea groups is 1. The van der Waals surface area contributed by atoms with E-state index < -0.39 is 18.0 Å². The third-order valence-electron chi connectivity index (χ3n) is 2.41. The van der Waals surface area contributed by atoms with Crippen molar-refractivity contribution in [3.05, 3.63) is 23.8 Å². The van der Waals surface area contributed by atoms with Crippen molar-refractivity contribution in [2.45, 2.75) is 26.6 Å². The second kappa shape index (κ2) is 7.34. The summed E-state index contributed by atoms with van der Waals surface area (Å²) in [6.45, 7) is 3.57. The molecular formula is C13H18N2O5. The predicted octanol–water partition coefficient (Wildman–Crippen LogP) is 0.540. The number of hydrogen-bond acceptors (Lipinski definition) is 5. The van der Waals surface area contributed by atoms with Gasteiger partial charge >= 0.3 is 6.03 Å². The average molecular weight is 282 g/mol. The van der Waals surface area contributed by atoms with E-state index in [1.165, 1.54) is 6.92 Å². The van der Waals surface area contributed by atoms with Crippen molar-refractivity contribution in [3.63, 3.8) is 0 Å². The Hall–Kier alpha value is -2.28. The van der Waals surface area contributed by atoms with Crippen molar-refractivity contribution in [1.29, 1.82) is 0 Å². The molecule has 0 aliphatic rings. The Morgan fingerprint density at radius 1 is 1.40 bits per heavy atom. The third kappa shape index (κ3) is 4.43. The molecule has 0 spiro atoms. The number of primary amides is 1. The number of aliphatic hydroxyl groups is 1. The van der Waals surface area contributed by atoms with E-state index in [0.29, 0.717) is 23.7 Å². The largest absolute Gasteiger partial charge is 0.490 e. The number of imide groups is 1. The highest BCUT2D eigenvalue weighted by atomic mass is 16.5. The van der Waals surface area contributed by atoms with Crippen LogP contribution in [-0.4, -0.2) is 29.8 Å². The number of nitrogens with two attached hydrogens (primary N) is 1. The van der Waals surface area contributed by atoms with Crippen LogP contribution in [0, 0.1) is 0 Å². The van der Waals surface area contributed by atoms with Crippen LogP contribution in [0.3, 0.4) is 0 Å². The summed E-state index contributed by atoms with van der Waals surface area (Å²) in [4.78, 5) is 22.1. The molecule has 1 atom stereocenters. The summed E-state index contributed by atoms with van der Waals surface area (Å²) in [6, 6.07) is 3.92. The number of rotatable bonds is 6. The van der Waals surface area contributed by atoms with Crippen LogP contribution in [0.4, 0.5) is 4.79 Å². The Morgan fingerprint density at radius 2 is 2.10 bits per heavy atom. The van der Waals surface area contributed by atoms with Crippen molar-refractivity contribution in [1.82, 2.24) is 5.32 Å². The van der Waals surface area contributed by atoms with Gasteiger partial charge in [-0.15, -0.1) is 0 Å². The maximum absolute atomic E-state index is 11.5. The Balaban J connectivity index is 2.85. The molecule has 3 amide bonds. The van der Waals surface area contributed by atoms with E-state index in [0.717, 1.165) is 0 Å². The van der Waals surface area contributed by atoms with Crippen molar-refractivity contribution >= 4 is 11.9 Å². The molecule has 0 aliphatic heterocycles. The lowest BCUT2D eigenvalue weighted by molar-refractivity contribution is -0.126. The smallest absolute Gasteiger partial charge is 0.318 e. The van der Waals surface area contributed by atoms with Gasteiger partial charge in [-0.05, 0) is 31.5 Å². The number of carbonyl (C=O) groups is 2. The highest BCUT2D eigenvalue weighted by Crippen LogP contribution is 2.29. The minimum Gasteiger partial charge on any atom is -0.490 e. The van der Waals surface area contributed by atoms with Crippen LogP contribution < -0.4 is 20.5 Å². The molecule has 1 aromatic carbocycles. The first kappa shape index (κ1) is 15.8.